The molecule has 72 valence electrons. The van der Waals surface area contributed by atoms with E-state index in [2.05, 4.69) is 4.84 Å². The van der Waals surface area contributed by atoms with Crippen LogP contribution in [-0.2, 0) is 4.84 Å². The summed E-state index contributed by atoms with van der Waals surface area (Å²) >= 11 is 11.8. The van der Waals surface area contributed by atoms with E-state index in [0.29, 0.717) is 16.7 Å². The number of benzene rings is 1. The Morgan fingerprint density at radius 1 is 1.46 bits per heavy atom. The Kier molecular flexibility index (Phi) is 4.00. The first-order chi connectivity index (χ1) is 6.16. The summed E-state index contributed by atoms with van der Waals surface area (Å²) in [6.07, 6.45) is 0. The van der Waals surface area contributed by atoms with Crippen molar-refractivity contribution in [1.82, 2.24) is 0 Å². The molecule has 1 aromatic carbocycles. The molecule has 0 amide bonds. The van der Waals surface area contributed by atoms with Gasteiger partial charge in [0.15, 0.2) is 0 Å². The molecule has 0 heterocycles. The second kappa shape index (κ2) is 4.82. The molecule has 2 N–H and O–H groups in total. The normalized spacial score (nSPS) is 12.9. The van der Waals surface area contributed by atoms with Crippen LogP contribution >= 0.6 is 23.2 Å². The minimum atomic E-state index is 0.149. The Morgan fingerprint density at radius 3 is 2.77 bits per heavy atom. The predicted molar refractivity (Wildman–Crippen MR) is 55.0 cm³/mol. The average Bonchev–Trinajstić information content (AvgIpc) is 2.10. The van der Waals surface area contributed by atoms with Crippen LogP contribution in [0.25, 0.3) is 0 Å². The van der Waals surface area contributed by atoms with Crippen LogP contribution in [0.4, 0.5) is 0 Å². The van der Waals surface area contributed by atoms with Gasteiger partial charge in [-0.25, -0.2) is 5.90 Å². The molecule has 4 heteroatoms. The van der Waals surface area contributed by atoms with Crippen molar-refractivity contribution in [2.75, 3.05) is 6.61 Å². The highest BCUT2D eigenvalue weighted by Crippen LogP contribution is 2.30. The van der Waals surface area contributed by atoms with E-state index in [9.17, 15) is 0 Å². The van der Waals surface area contributed by atoms with Gasteiger partial charge in [0.2, 0.25) is 0 Å². The summed E-state index contributed by atoms with van der Waals surface area (Å²) in [5.41, 5.74) is 0.958. The Balaban J connectivity index is 2.93. The van der Waals surface area contributed by atoms with Crippen LogP contribution in [0.3, 0.4) is 0 Å². The second-order valence-corrected chi connectivity index (χ2v) is 3.66. The van der Waals surface area contributed by atoms with Crippen molar-refractivity contribution in [2.45, 2.75) is 12.8 Å². The Morgan fingerprint density at radius 2 is 2.15 bits per heavy atom. The summed E-state index contributed by atoms with van der Waals surface area (Å²) in [5, 5.41) is 1.14. The van der Waals surface area contributed by atoms with Gasteiger partial charge in [-0.3, -0.25) is 0 Å². The van der Waals surface area contributed by atoms with Crippen LogP contribution in [0, 0.1) is 0 Å². The van der Waals surface area contributed by atoms with E-state index in [-0.39, 0.29) is 5.92 Å². The van der Waals surface area contributed by atoms with Crippen LogP contribution in [-0.4, -0.2) is 6.61 Å². The van der Waals surface area contributed by atoms with Gasteiger partial charge in [-0.1, -0.05) is 42.3 Å². The van der Waals surface area contributed by atoms with Gasteiger partial charge in [-0.05, 0) is 11.6 Å². The zero-order valence-electron chi connectivity index (χ0n) is 7.26. The maximum absolute atomic E-state index is 6.00. The number of nitrogens with two attached hydrogens (primary N) is 1. The first-order valence-corrected chi connectivity index (χ1v) is 4.68. The second-order valence-electron chi connectivity index (χ2n) is 2.88. The van der Waals surface area contributed by atoms with Crippen molar-refractivity contribution in [1.29, 1.82) is 0 Å². The SMILES string of the molecule is CC(CON)c1cccc(Cl)c1Cl. The van der Waals surface area contributed by atoms with Gasteiger partial charge in [0.25, 0.3) is 0 Å². The van der Waals surface area contributed by atoms with Crippen LogP contribution < -0.4 is 5.90 Å². The van der Waals surface area contributed by atoms with E-state index in [1.54, 1.807) is 6.07 Å². The fraction of sp³-hybridized carbons (Fsp3) is 0.333. The summed E-state index contributed by atoms with van der Waals surface area (Å²) < 4.78 is 0. The maximum atomic E-state index is 6.00. The smallest absolute Gasteiger partial charge is 0.0745 e. The number of halogens is 2. The highest BCUT2D eigenvalue weighted by atomic mass is 35.5. The molecule has 0 spiro atoms. The fourth-order valence-electron chi connectivity index (χ4n) is 1.14. The molecule has 1 aromatic rings. The van der Waals surface area contributed by atoms with Gasteiger partial charge in [-0.2, -0.15) is 0 Å². The third kappa shape index (κ3) is 2.58. The Bertz CT molecular complexity index is 291. The van der Waals surface area contributed by atoms with E-state index in [1.165, 1.54) is 0 Å². The van der Waals surface area contributed by atoms with Gasteiger partial charge in [0, 0.05) is 5.92 Å². The first-order valence-electron chi connectivity index (χ1n) is 3.92. The van der Waals surface area contributed by atoms with Gasteiger partial charge in [0.1, 0.15) is 0 Å². The molecule has 0 aliphatic rings. The molecule has 0 aliphatic heterocycles. The van der Waals surface area contributed by atoms with Crippen molar-refractivity contribution in [3.05, 3.63) is 33.8 Å². The molecule has 1 rings (SSSR count). The summed E-state index contributed by atoms with van der Waals surface area (Å²) in [5.74, 6) is 5.13. The standard InChI is InChI=1S/C9H11Cl2NO/c1-6(5-13-12)7-3-2-4-8(10)9(7)11/h2-4,6H,5,12H2,1H3. The molecule has 0 bridgehead atoms. The Hall–Kier alpha value is -0.280. The summed E-state index contributed by atoms with van der Waals surface area (Å²) in [7, 11) is 0. The lowest BCUT2D eigenvalue weighted by molar-refractivity contribution is 0.126. The van der Waals surface area contributed by atoms with Gasteiger partial charge < -0.3 is 4.84 Å². The third-order valence-corrected chi connectivity index (χ3v) is 2.69. The van der Waals surface area contributed by atoms with E-state index >= 15 is 0 Å². The fourth-order valence-corrected chi connectivity index (χ4v) is 1.63. The number of hydrogen-bond donors (Lipinski definition) is 1. The van der Waals surface area contributed by atoms with E-state index in [0.717, 1.165) is 5.56 Å². The maximum Gasteiger partial charge on any atom is 0.0745 e. The molecule has 0 aromatic heterocycles. The van der Waals surface area contributed by atoms with Crippen LogP contribution in [0.2, 0.25) is 10.0 Å². The summed E-state index contributed by atoms with van der Waals surface area (Å²) in [6, 6.07) is 5.53. The first kappa shape index (κ1) is 10.8. The summed E-state index contributed by atoms with van der Waals surface area (Å²) in [6.45, 7) is 2.41. The molecule has 0 aliphatic carbocycles. The minimum absolute atomic E-state index is 0.149. The Labute approximate surface area is 87.5 Å². The highest BCUT2D eigenvalue weighted by Gasteiger charge is 2.11. The number of rotatable bonds is 3. The highest BCUT2D eigenvalue weighted by molar-refractivity contribution is 6.42. The molecule has 0 saturated heterocycles. The van der Waals surface area contributed by atoms with Crippen LogP contribution in [0.15, 0.2) is 18.2 Å². The zero-order chi connectivity index (χ0) is 9.84. The van der Waals surface area contributed by atoms with Gasteiger partial charge in [-0.15, -0.1) is 0 Å². The van der Waals surface area contributed by atoms with Crippen molar-refractivity contribution in [3.63, 3.8) is 0 Å². The molecule has 1 atom stereocenters. The molecule has 0 radical (unpaired) electrons. The van der Waals surface area contributed by atoms with E-state index in [4.69, 9.17) is 29.1 Å². The molecule has 0 fully saturated rings. The quantitative estimate of drug-likeness (QED) is 0.794. The molecule has 2 nitrogen and oxygen atoms in total. The van der Waals surface area contributed by atoms with Crippen molar-refractivity contribution >= 4 is 23.2 Å². The van der Waals surface area contributed by atoms with Gasteiger partial charge in [0.05, 0.1) is 16.7 Å². The summed E-state index contributed by atoms with van der Waals surface area (Å²) in [4.78, 5) is 4.55. The van der Waals surface area contributed by atoms with Crippen LogP contribution in [0.1, 0.15) is 18.4 Å². The molecular weight excluding hydrogens is 209 g/mol. The van der Waals surface area contributed by atoms with Crippen LogP contribution in [0.5, 0.6) is 0 Å². The average molecular weight is 220 g/mol. The lowest BCUT2D eigenvalue weighted by Gasteiger charge is -2.12. The monoisotopic (exact) mass is 219 g/mol. The lowest BCUT2D eigenvalue weighted by atomic mass is 10.0. The van der Waals surface area contributed by atoms with Gasteiger partial charge >= 0.3 is 0 Å². The van der Waals surface area contributed by atoms with E-state index < -0.39 is 0 Å². The molecule has 1 unspecified atom stereocenters. The minimum Gasteiger partial charge on any atom is -0.304 e. The third-order valence-electron chi connectivity index (χ3n) is 1.86. The van der Waals surface area contributed by atoms with Crippen molar-refractivity contribution < 1.29 is 4.84 Å². The molecular formula is C9H11Cl2NO. The van der Waals surface area contributed by atoms with E-state index in [1.807, 2.05) is 19.1 Å². The predicted octanol–water partition coefficient (Wildman–Crippen LogP) is 2.99. The largest absolute Gasteiger partial charge is 0.304 e. The molecule has 0 saturated carbocycles. The zero-order valence-corrected chi connectivity index (χ0v) is 8.77. The lowest BCUT2D eigenvalue weighted by Crippen LogP contribution is -2.08. The van der Waals surface area contributed by atoms with Crippen molar-refractivity contribution in [3.8, 4) is 0 Å². The number of hydrogen-bond acceptors (Lipinski definition) is 2. The van der Waals surface area contributed by atoms with Crippen molar-refractivity contribution in [2.24, 2.45) is 5.90 Å². The molecule has 13 heavy (non-hydrogen) atoms. The topological polar surface area (TPSA) is 35.2 Å².